The maximum absolute atomic E-state index is 14.7. The predicted molar refractivity (Wildman–Crippen MR) is 156 cm³/mol. The van der Waals surface area contributed by atoms with Gasteiger partial charge in [0, 0.05) is 41.9 Å². The van der Waals surface area contributed by atoms with Gasteiger partial charge in [0.05, 0.1) is 19.8 Å². The predicted octanol–water partition coefficient (Wildman–Crippen LogP) is 3.52. The van der Waals surface area contributed by atoms with Crippen LogP contribution in [0.4, 0.5) is 4.39 Å². The number of ether oxygens (including phenoxy) is 2. The van der Waals surface area contributed by atoms with E-state index >= 15 is 0 Å². The molecule has 1 fully saturated rings. The molecule has 1 heterocycles. The Labute approximate surface area is 239 Å². The van der Waals surface area contributed by atoms with Gasteiger partial charge in [0.15, 0.2) is 0 Å². The van der Waals surface area contributed by atoms with Crippen LogP contribution >= 0.6 is 0 Å². The highest BCUT2D eigenvalue weighted by atomic mass is 19.1. The van der Waals surface area contributed by atoms with Crippen LogP contribution < -0.4 is 21.5 Å². The summed E-state index contributed by atoms with van der Waals surface area (Å²) >= 11 is 0. The number of rotatable bonds is 9. The van der Waals surface area contributed by atoms with E-state index in [1.165, 1.54) is 24.3 Å². The lowest BCUT2D eigenvalue weighted by molar-refractivity contribution is -0.117. The van der Waals surface area contributed by atoms with Crippen LogP contribution in [-0.4, -0.2) is 61.1 Å². The largest absolute Gasteiger partial charge is 0.458 e. The number of allylic oxidation sites excluding steroid dienone is 5. The maximum atomic E-state index is 14.7. The maximum Gasteiger partial charge on any atom is 0.254 e. The molecule has 9 nitrogen and oxygen atoms in total. The summed E-state index contributed by atoms with van der Waals surface area (Å²) < 4.78 is 25.7. The standard InChI is InChI=1S/C31H36FN5O4/c1-2-22-6-3-21(4-13-28(22)33)5-14-29(38)36-20-31(34,35)41-25-11-12-27(32)26(19-25)23-7-9-24(10-8-23)30(39)37-15-17-40-18-16-37/h3-5,7-14,19,22,33H,2,6,15-18,20,34-35H2,1H3,(H,36,38)/b14-5+,33-28?. The number of nitrogens with two attached hydrogens (primary N) is 2. The van der Waals surface area contributed by atoms with Gasteiger partial charge < -0.3 is 25.1 Å². The average Bonchev–Trinajstić information content (AvgIpc) is 3.16. The first kappa shape index (κ1) is 29.9. The van der Waals surface area contributed by atoms with E-state index < -0.39 is 17.6 Å². The molecule has 0 bridgehead atoms. The van der Waals surface area contributed by atoms with Gasteiger partial charge in [-0.2, -0.15) is 0 Å². The number of morpholine rings is 1. The number of amides is 2. The molecule has 1 atom stereocenters. The molecule has 41 heavy (non-hydrogen) atoms. The third kappa shape index (κ3) is 8.20. The molecule has 2 aromatic rings. The van der Waals surface area contributed by atoms with Crippen molar-refractivity contribution in [2.24, 2.45) is 17.4 Å². The Balaban J connectivity index is 1.35. The minimum Gasteiger partial charge on any atom is -0.458 e. The van der Waals surface area contributed by atoms with E-state index in [9.17, 15) is 14.0 Å². The summed E-state index contributed by atoms with van der Waals surface area (Å²) in [6.07, 6.45) is 10.2. The molecule has 1 unspecified atom stereocenters. The zero-order chi connectivity index (χ0) is 29.4. The number of carbonyl (C=O) groups is 2. The number of nitrogens with zero attached hydrogens (tertiary/aromatic N) is 1. The van der Waals surface area contributed by atoms with Gasteiger partial charge >= 0.3 is 0 Å². The van der Waals surface area contributed by atoms with Crippen molar-refractivity contribution in [3.05, 3.63) is 89.8 Å². The third-order valence-electron chi connectivity index (χ3n) is 6.98. The molecular formula is C31H36FN5O4. The lowest BCUT2D eigenvalue weighted by atomic mass is 9.97. The Hall–Kier alpha value is -4.12. The molecule has 1 aliphatic carbocycles. The van der Waals surface area contributed by atoms with Gasteiger partial charge in [0.1, 0.15) is 11.6 Å². The zero-order valence-corrected chi connectivity index (χ0v) is 23.1. The van der Waals surface area contributed by atoms with Gasteiger partial charge in [-0.25, -0.2) is 4.39 Å². The molecule has 1 aliphatic heterocycles. The van der Waals surface area contributed by atoms with Gasteiger partial charge in [-0.05, 0) is 66.5 Å². The van der Waals surface area contributed by atoms with Gasteiger partial charge in [0.2, 0.25) is 11.8 Å². The Morgan fingerprint density at radius 2 is 1.90 bits per heavy atom. The summed E-state index contributed by atoms with van der Waals surface area (Å²) in [6.45, 7) is 3.92. The number of carbonyl (C=O) groups excluding carboxylic acids is 2. The highest BCUT2D eigenvalue weighted by Gasteiger charge is 2.23. The Morgan fingerprint density at radius 1 is 1.17 bits per heavy atom. The first-order valence-electron chi connectivity index (χ1n) is 13.6. The van der Waals surface area contributed by atoms with Gasteiger partial charge in [-0.1, -0.05) is 31.2 Å². The summed E-state index contributed by atoms with van der Waals surface area (Å²) in [5.41, 5.74) is 14.9. The fourth-order valence-corrected chi connectivity index (χ4v) is 4.55. The molecule has 4 rings (SSSR count). The highest BCUT2D eigenvalue weighted by molar-refractivity contribution is 5.96. The van der Waals surface area contributed by atoms with Crippen LogP contribution in [0.25, 0.3) is 11.1 Å². The number of nitrogens with one attached hydrogen (secondary N) is 2. The van der Waals surface area contributed by atoms with Crippen molar-refractivity contribution in [2.75, 3.05) is 32.8 Å². The normalized spacial score (nSPS) is 17.8. The lowest BCUT2D eigenvalue weighted by Gasteiger charge is -2.27. The zero-order valence-electron chi connectivity index (χ0n) is 23.1. The number of hydrogen-bond acceptors (Lipinski definition) is 7. The topological polar surface area (TPSA) is 144 Å². The second kappa shape index (κ2) is 13.5. The molecule has 216 valence electrons. The van der Waals surface area contributed by atoms with Crippen LogP contribution in [-0.2, 0) is 9.53 Å². The molecule has 0 radical (unpaired) electrons. The smallest absolute Gasteiger partial charge is 0.254 e. The Bertz CT molecular complexity index is 1360. The first-order valence-corrected chi connectivity index (χ1v) is 13.6. The minimum atomic E-state index is -1.77. The van der Waals surface area contributed by atoms with E-state index in [-0.39, 0.29) is 29.7 Å². The molecule has 0 aromatic heterocycles. The minimum absolute atomic E-state index is 0.0987. The average molecular weight is 562 g/mol. The van der Waals surface area contributed by atoms with E-state index in [0.717, 1.165) is 18.4 Å². The van der Waals surface area contributed by atoms with Crippen LogP contribution in [0, 0.1) is 17.1 Å². The SMILES string of the molecule is CCC1CC=C(/C=C/C(=O)NCC(N)(N)Oc2ccc(F)c(-c3ccc(C(=O)N4CCOCC4)cc3)c2)C=CC1=N. The van der Waals surface area contributed by atoms with E-state index in [1.54, 1.807) is 41.3 Å². The van der Waals surface area contributed by atoms with Crippen molar-refractivity contribution in [1.29, 1.82) is 5.41 Å². The molecule has 1 saturated heterocycles. The summed E-state index contributed by atoms with van der Waals surface area (Å²) in [4.78, 5) is 26.8. The van der Waals surface area contributed by atoms with Crippen molar-refractivity contribution in [3.63, 3.8) is 0 Å². The van der Waals surface area contributed by atoms with Crippen LogP contribution in [0.2, 0.25) is 0 Å². The van der Waals surface area contributed by atoms with Crippen LogP contribution in [0.3, 0.4) is 0 Å². The monoisotopic (exact) mass is 561 g/mol. The van der Waals surface area contributed by atoms with Crippen molar-refractivity contribution >= 4 is 17.5 Å². The van der Waals surface area contributed by atoms with Gasteiger partial charge in [-0.3, -0.25) is 21.1 Å². The molecule has 0 saturated carbocycles. The summed E-state index contributed by atoms with van der Waals surface area (Å²) in [5, 5.41) is 10.7. The fraction of sp³-hybridized carbons (Fsp3) is 0.323. The molecule has 6 N–H and O–H groups in total. The molecule has 10 heteroatoms. The molecular weight excluding hydrogens is 525 g/mol. The van der Waals surface area contributed by atoms with E-state index in [0.29, 0.717) is 43.1 Å². The summed E-state index contributed by atoms with van der Waals surface area (Å²) in [7, 11) is 0. The number of halogens is 1. The first-order chi connectivity index (χ1) is 19.6. The fourth-order valence-electron chi connectivity index (χ4n) is 4.55. The van der Waals surface area contributed by atoms with Gasteiger partial charge in [-0.15, -0.1) is 0 Å². The van der Waals surface area contributed by atoms with Crippen molar-refractivity contribution in [1.82, 2.24) is 10.2 Å². The quantitative estimate of drug-likeness (QED) is 0.272. The number of hydrogen-bond donors (Lipinski definition) is 4. The molecule has 2 amide bonds. The van der Waals surface area contributed by atoms with Crippen LogP contribution in [0.1, 0.15) is 30.1 Å². The third-order valence-corrected chi connectivity index (χ3v) is 6.98. The van der Waals surface area contributed by atoms with E-state index in [4.69, 9.17) is 26.4 Å². The van der Waals surface area contributed by atoms with Crippen LogP contribution in [0.5, 0.6) is 5.75 Å². The second-order valence-corrected chi connectivity index (χ2v) is 10.1. The Morgan fingerprint density at radius 3 is 2.61 bits per heavy atom. The van der Waals surface area contributed by atoms with Gasteiger partial charge in [0.25, 0.3) is 5.91 Å². The summed E-state index contributed by atoms with van der Waals surface area (Å²) in [6, 6.07) is 10.8. The lowest BCUT2D eigenvalue weighted by Crippen LogP contribution is -2.61. The molecule has 2 aromatic carbocycles. The summed E-state index contributed by atoms with van der Waals surface area (Å²) in [5.74, 6) is -2.37. The highest BCUT2D eigenvalue weighted by Crippen LogP contribution is 2.28. The molecule has 2 aliphatic rings. The second-order valence-electron chi connectivity index (χ2n) is 10.1. The molecule has 0 spiro atoms. The van der Waals surface area contributed by atoms with Crippen LogP contribution in [0.15, 0.2) is 78.4 Å². The van der Waals surface area contributed by atoms with Crippen molar-refractivity contribution in [2.45, 2.75) is 25.6 Å². The van der Waals surface area contributed by atoms with Crippen molar-refractivity contribution < 1.29 is 23.5 Å². The van der Waals surface area contributed by atoms with E-state index in [2.05, 4.69) is 5.32 Å². The number of benzene rings is 2. The van der Waals surface area contributed by atoms with E-state index in [1.807, 2.05) is 19.1 Å². The Kier molecular flexibility index (Phi) is 9.82. The van der Waals surface area contributed by atoms with Crippen molar-refractivity contribution in [3.8, 4) is 16.9 Å².